The fourth-order valence-corrected chi connectivity index (χ4v) is 3.16. The molecule has 0 radical (unpaired) electrons. The molecule has 0 bridgehead atoms. The molecule has 10 heteroatoms. The van der Waals surface area contributed by atoms with Crippen LogP contribution >= 0.6 is 11.6 Å². The molecule has 0 aliphatic rings. The van der Waals surface area contributed by atoms with E-state index in [0.29, 0.717) is 11.3 Å². The van der Waals surface area contributed by atoms with Crippen LogP contribution in [0.3, 0.4) is 0 Å². The predicted molar refractivity (Wildman–Crippen MR) is 112 cm³/mol. The lowest BCUT2D eigenvalue weighted by atomic mass is 10.0. The summed E-state index contributed by atoms with van der Waals surface area (Å²) in [5.41, 5.74) is 8.98. The van der Waals surface area contributed by atoms with Gasteiger partial charge in [-0.2, -0.15) is 4.68 Å². The third-order valence-corrected chi connectivity index (χ3v) is 4.60. The Labute approximate surface area is 175 Å². The number of nitrogens with two attached hydrogens (primary N) is 1. The van der Waals surface area contributed by atoms with Gasteiger partial charge in [0, 0.05) is 30.4 Å². The van der Waals surface area contributed by atoms with E-state index in [4.69, 9.17) is 17.3 Å². The normalized spacial score (nSPS) is 10.8. The number of tetrazole rings is 1. The first-order valence-corrected chi connectivity index (χ1v) is 9.18. The third kappa shape index (κ3) is 3.83. The van der Waals surface area contributed by atoms with Crippen molar-refractivity contribution in [3.05, 3.63) is 65.6 Å². The highest BCUT2D eigenvalue weighted by Gasteiger charge is 2.18. The number of nitrogens with one attached hydrogen (secondary N) is 1. The summed E-state index contributed by atoms with van der Waals surface area (Å²) in [6, 6.07) is 12.9. The van der Waals surface area contributed by atoms with Crippen LogP contribution in [0.4, 0.5) is 15.9 Å². The zero-order valence-electron chi connectivity index (χ0n) is 15.7. The lowest BCUT2D eigenvalue weighted by Gasteiger charge is -2.11. The molecule has 0 unspecified atom stereocenters. The first-order chi connectivity index (χ1) is 14.4. The average molecular weight is 424 g/mol. The molecule has 4 aromatic rings. The van der Waals surface area contributed by atoms with Gasteiger partial charge in [-0.3, -0.25) is 4.79 Å². The average Bonchev–Trinajstić information content (AvgIpc) is 3.19. The zero-order valence-corrected chi connectivity index (χ0v) is 16.4. The van der Waals surface area contributed by atoms with Crippen molar-refractivity contribution < 1.29 is 9.18 Å². The highest BCUT2D eigenvalue weighted by molar-refractivity contribution is 6.32. The van der Waals surface area contributed by atoms with E-state index < -0.39 is 5.82 Å². The Morgan fingerprint density at radius 1 is 1.17 bits per heavy atom. The Balaban J connectivity index is 1.81. The first-order valence-electron chi connectivity index (χ1n) is 8.80. The van der Waals surface area contributed by atoms with Gasteiger partial charge in [0.15, 0.2) is 5.82 Å². The van der Waals surface area contributed by atoms with Crippen LogP contribution in [0.15, 0.2) is 54.7 Å². The van der Waals surface area contributed by atoms with E-state index in [9.17, 15) is 9.18 Å². The van der Waals surface area contributed by atoms with E-state index in [2.05, 4.69) is 25.8 Å². The minimum absolute atomic E-state index is 0.172. The minimum Gasteiger partial charge on any atom is -0.383 e. The number of rotatable bonds is 4. The SMILES string of the molecule is CC(=O)Nc1cccc(-c2cnc(N)c(-c3nnnn3-c3cc(F)ccc3Cl)c2)c1. The largest absolute Gasteiger partial charge is 0.383 e. The van der Waals surface area contributed by atoms with Gasteiger partial charge >= 0.3 is 0 Å². The number of aromatic nitrogens is 5. The fourth-order valence-electron chi connectivity index (χ4n) is 2.96. The first kappa shape index (κ1) is 19.5. The maximum atomic E-state index is 13.8. The number of hydrogen-bond donors (Lipinski definition) is 2. The van der Waals surface area contributed by atoms with Gasteiger partial charge in [0.05, 0.1) is 16.3 Å². The summed E-state index contributed by atoms with van der Waals surface area (Å²) < 4.78 is 15.1. The molecule has 0 atom stereocenters. The van der Waals surface area contributed by atoms with E-state index in [-0.39, 0.29) is 28.3 Å². The van der Waals surface area contributed by atoms with Crippen molar-refractivity contribution in [3.8, 4) is 28.2 Å². The van der Waals surface area contributed by atoms with Crippen molar-refractivity contribution in [2.45, 2.75) is 6.92 Å². The second-order valence-electron chi connectivity index (χ2n) is 6.43. The van der Waals surface area contributed by atoms with Crippen LogP contribution in [0.5, 0.6) is 0 Å². The van der Waals surface area contributed by atoms with Crippen LogP contribution in [-0.2, 0) is 4.79 Å². The number of carbonyl (C=O) groups is 1. The summed E-state index contributed by atoms with van der Waals surface area (Å²) in [5.74, 6) is -0.201. The van der Waals surface area contributed by atoms with E-state index in [1.807, 2.05) is 18.2 Å². The van der Waals surface area contributed by atoms with Crippen LogP contribution in [0, 0.1) is 5.82 Å². The van der Waals surface area contributed by atoms with Crippen LogP contribution in [-0.4, -0.2) is 31.1 Å². The molecule has 150 valence electrons. The second-order valence-corrected chi connectivity index (χ2v) is 6.84. The lowest BCUT2D eigenvalue weighted by molar-refractivity contribution is -0.114. The number of pyridine rings is 1. The summed E-state index contributed by atoms with van der Waals surface area (Å²) in [6.07, 6.45) is 1.61. The number of nitrogen functional groups attached to an aromatic ring is 1. The molecule has 0 fully saturated rings. The number of carbonyl (C=O) groups excluding carboxylic acids is 1. The molecule has 3 N–H and O–H groups in total. The highest BCUT2D eigenvalue weighted by atomic mass is 35.5. The van der Waals surface area contributed by atoms with Gasteiger partial charge in [0.1, 0.15) is 11.6 Å². The molecule has 0 saturated heterocycles. The highest BCUT2D eigenvalue weighted by Crippen LogP contribution is 2.31. The molecular weight excluding hydrogens is 409 g/mol. The van der Waals surface area contributed by atoms with E-state index in [1.165, 1.54) is 29.8 Å². The smallest absolute Gasteiger partial charge is 0.221 e. The van der Waals surface area contributed by atoms with Gasteiger partial charge in [-0.05, 0) is 46.3 Å². The van der Waals surface area contributed by atoms with E-state index in [1.54, 1.807) is 18.3 Å². The molecule has 0 aliphatic carbocycles. The Morgan fingerprint density at radius 2 is 2.00 bits per heavy atom. The topological polar surface area (TPSA) is 112 Å². The molecule has 4 rings (SSSR count). The Morgan fingerprint density at radius 3 is 2.80 bits per heavy atom. The number of amides is 1. The molecule has 8 nitrogen and oxygen atoms in total. The van der Waals surface area contributed by atoms with Gasteiger partial charge < -0.3 is 11.1 Å². The van der Waals surface area contributed by atoms with Gasteiger partial charge in [-0.1, -0.05) is 23.7 Å². The van der Waals surface area contributed by atoms with Gasteiger partial charge in [0.2, 0.25) is 5.91 Å². The Bertz CT molecular complexity index is 1260. The van der Waals surface area contributed by atoms with E-state index >= 15 is 0 Å². The monoisotopic (exact) mass is 423 g/mol. The van der Waals surface area contributed by atoms with Gasteiger partial charge in [-0.15, -0.1) is 5.10 Å². The molecular formula is C20H15ClFN7O. The summed E-state index contributed by atoms with van der Waals surface area (Å²) in [7, 11) is 0. The molecule has 0 spiro atoms. The van der Waals surface area contributed by atoms with Gasteiger partial charge in [0.25, 0.3) is 0 Å². The van der Waals surface area contributed by atoms with Crippen molar-refractivity contribution in [1.29, 1.82) is 0 Å². The second kappa shape index (κ2) is 7.88. The van der Waals surface area contributed by atoms with Crippen LogP contribution in [0.2, 0.25) is 5.02 Å². The van der Waals surface area contributed by atoms with Crippen molar-refractivity contribution in [1.82, 2.24) is 25.2 Å². The van der Waals surface area contributed by atoms with Crippen LogP contribution < -0.4 is 11.1 Å². The number of halogens is 2. The maximum absolute atomic E-state index is 13.8. The van der Waals surface area contributed by atoms with Crippen molar-refractivity contribution in [3.63, 3.8) is 0 Å². The Hall–Kier alpha value is -3.85. The molecule has 2 aromatic carbocycles. The molecule has 2 heterocycles. The summed E-state index contributed by atoms with van der Waals surface area (Å²) in [6.45, 7) is 1.44. The van der Waals surface area contributed by atoms with Crippen molar-refractivity contribution >= 4 is 29.0 Å². The van der Waals surface area contributed by atoms with Crippen LogP contribution in [0.1, 0.15) is 6.92 Å². The van der Waals surface area contributed by atoms with Gasteiger partial charge in [-0.25, -0.2) is 9.37 Å². The Kier molecular flexibility index (Phi) is 5.11. The standard InChI is InChI=1S/C20H15ClFN7O/c1-11(30)25-15-4-2-3-12(7-15)13-8-16(19(23)24-10-13)20-26-27-28-29(20)18-9-14(22)5-6-17(18)21/h2-10H,1H3,(H2,23,24)(H,25,30). The number of anilines is 2. The number of benzene rings is 2. The number of hydrogen-bond acceptors (Lipinski definition) is 6. The van der Waals surface area contributed by atoms with Crippen LogP contribution in [0.25, 0.3) is 28.2 Å². The fraction of sp³-hybridized carbons (Fsp3) is 0.0500. The predicted octanol–water partition coefficient (Wildman–Crippen LogP) is 3.72. The number of nitrogens with zero attached hydrogens (tertiary/aromatic N) is 5. The zero-order chi connectivity index (χ0) is 21.3. The molecule has 0 saturated carbocycles. The molecule has 30 heavy (non-hydrogen) atoms. The molecule has 1 amide bonds. The third-order valence-electron chi connectivity index (χ3n) is 4.28. The summed E-state index contributed by atoms with van der Waals surface area (Å²) >= 11 is 6.21. The summed E-state index contributed by atoms with van der Waals surface area (Å²) in [4.78, 5) is 15.6. The maximum Gasteiger partial charge on any atom is 0.221 e. The van der Waals surface area contributed by atoms with Crippen molar-refractivity contribution in [2.24, 2.45) is 0 Å². The van der Waals surface area contributed by atoms with Crippen molar-refractivity contribution in [2.75, 3.05) is 11.1 Å². The molecule has 0 aliphatic heterocycles. The summed E-state index contributed by atoms with van der Waals surface area (Å²) in [5, 5.41) is 14.7. The van der Waals surface area contributed by atoms with E-state index in [0.717, 1.165) is 11.1 Å². The molecule has 2 aromatic heterocycles. The quantitative estimate of drug-likeness (QED) is 0.517. The lowest BCUT2D eigenvalue weighted by Crippen LogP contribution is -2.05. The minimum atomic E-state index is -0.481.